The number of sulfone groups is 1. The maximum Gasteiger partial charge on any atom is 0.326 e. The molecule has 1 N–H and O–H groups in total. The average Bonchev–Trinajstić information content (AvgIpc) is 2.82. The van der Waals surface area contributed by atoms with Gasteiger partial charge < -0.3 is 9.72 Å². The number of benzene rings is 2. The van der Waals surface area contributed by atoms with E-state index >= 15 is 0 Å². The molecule has 0 aliphatic carbocycles. The fourth-order valence-corrected chi connectivity index (χ4v) is 3.18. The fraction of sp³-hybridized carbons (Fsp3) is 0.188. The smallest absolute Gasteiger partial charge is 0.326 e. The van der Waals surface area contributed by atoms with E-state index in [0.717, 1.165) is 11.8 Å². The Hall–Kier alpha value is -2.54. The van der Waals surface area contributed by atoms with Crippen LogP contribution >= 0.6 is 0 Å². The minimum atomic E-state index is -3.32. The normalized spacial score (nSPS) is 11.7. The average molecular weight is 332 g/mol. The van der Waals surface area contributed by atoms with Gasteiger partial charge in [0, 0.05) is 11.8 Å². The molecule has 3 aromatic rings. The summed E-state index contributed by atoms with van der Waals surface area (Å²) in [6.45, 7) is 0.334. The lowest BCUT2D eigenvalue weighted by molar-refractivity contribution is 0.408. The minimum Gasteiger partial charge on any atom is -0.496 e. The molecule has 0 saturated carbocycles. The first kappa shape index (κ1) is 15.4. The van der Waals surface area contributed by atoms with Gasteiger partial charge in [0.1, 0.15) is 5.75 Å². The van der Waals surface area contributed by atoms with Crippen molar-refractivity contribution in [3.8, 4) is 5.75 Å². The lowest BCUT2D eigenvalue weighted by atomic mass is 10.2. The number of hydrogen-bond donors (Lipinski definition) is 1. The Morgan fingerprint density at radius 2 is 1.91 bits per heavy atom. The predicted molar refractivity (Wildman–Crippen MR) is 87.8 cm³/mol. The molecule has 0 atom stereocenters. The molecule has 1 aromatic heterocycles. The molecular formula is C16H16N2O4S. The number of hydrogen-bond acceptors (Lipinski definition) is 4. The first-order chi connectivity index (χ1) is 10.9. The zero-order chi connectivity index (χ0) is 16.6. The van der Waals surface area contributed by atoms with Crippen LogP contribution in [0.25, 0.3) is 11.0 Å². The highest BCUT2D eigenvalue weighted by molar-refractivity contribution is 7.90. The summed E-state index contributed by atoms with van der Waals surface area (Å²) in [5.41, 5.74) is 1.71. The Morgan fingerprint density at radius 1 is 1.17 bits per heavy atom. The van der Waals surface area contributed by atoms with E-state index in [1.165, 1.54) is 12.1 Å². The molecular weight excluding hydrogens is 316 g/mol. The van der Waals surface area contributed by atoms with Crippen LogP contribution in [-0.4, -0.2) is 31.3 Å². The minimum absolute atomic E-state index is 0.177. The van der Waals surface area contributed by atoms with E-state index in [1.54, 1.807) is 17.7 Å². The van der Waals surface area contributed by atoms with Crippen molar-refractivity contribution in [2.45, 2.75) is 11.4 Å². The number of aromatic amines is 1. The Labute approximate surface area is 133 Å². The summed E-state index contributed by atoms with van der Waals surface area (Å²) in [5, 5.41) is 0. The number of fused-ring (bicyclic) bond motifs is 1. The van der Waals surface area contributed by atoms with Gasteiger partial charge in [-0.2, -0.15) is 0 Å². The van der Waals surface area contributed by atoms with Crippen molar-refractivity contribution in [3.05, 3.63) is 58.5 Å². The van der Waals surface area contributed by atoms with Crippen molar-refractivity contribution >= 4 is 20.9 Å². The molecule has 0 amide bonds. The molecule has 0 spiro atoms. The highest BCUT2D eigenvalue weighted by atomic mass is 32.2. The van der Waals surface area contributed by atoms with E-state index in [9.17, 15) is 13.2 Å². The van der Waals surface area contributed by atoms with Gasteiger partial charge in [0.15, 0.2) is 9.84 Å². The van der Waals surface area contributed by atoms with Crippen LogP contribution in [0, 0.1) is 0 Å². The number of rotatable bonds is 4. The van der Waals surface area contributed by atoms with Gasteiger partial charge in [0.25, 0.3) is 0 Å². The highest BCUT2D eigenvalue weighted by Crippen LogP contribution is 2.21. The number of methoxy groups -OCH3 is 1. The van der Waals surface area contributed by atoms with Crippen LogP contribution in [0.15, 0.2) is 52.2 Å². The van der Waals surface area contributed by atoms with Crippen molar-refractivity contribution in [2.75, 3.05) is 13.4 Å². The van der Waals surface area contributed by atoms with Crippen LogP contribution < -0.4 is 10.4 Å². The third-order valence-corrected chi connectivity index (χ3v) is 4.80. The molecule has 0 saturated heterocycles. The summed E-state index contributed by atoms with van der Waals surface area (Å²) in [7, 11) is -1.74. The first-order valence-corrected chi connectivity index (χ1v) is 8.84. The van der Waals surface area contributed by atoms with Crippen LogP contribution in [0.5, 0.6) is 5.75 Å². The van der Waals surface area contributed by atoms with Gasteiger partial charge in [0.2, 0.25) is 0 Å². The monoisotopic (exact) mass is 332 g/mol. The molecule has 0 aliphatic rings. The van der Waals surface area contributed by atoms with Gasteiger partial charge in [-0.05, 0) is 24.3 Å². The highest BCUT2D eigenvalue weighted by Gasteiger charge is 2.13. The number of nitrogens with one attached hydrogen (secondary N) is 1. The van der Waals surface area contributed by atoms with Gasteiger partial charge in [-0.3, -0.25) is 4.57 Å². The molecule has 120 valence electrons. The summed E-state index contributed by atoms with van der Waals surface area (Å²) >= 11 is 0. The van der Waals surface area contributed by atoms with E-state index < -0.39 is 9.84 Å². The third kappa shape index (κ3) is 2.87. The van der Waals surface area contributed by atoms with Crippen molar-refractivity contribution in [1.82, 2.24) is 9.55 Å². The summed E-state index contributed by atoms with van der Waals surface area (Å²) in [6, 6.07) is 12.1. The molecule has 0 aliphatic heterocycles. The SMILES string of the molecule is COc1ccccc1Cn1c(=O)[nH]c2cc(S(C)(=O)=O)ccc21. The number of imidazole rings is 1. The van der Waals surface area contributed by atoms with Gasteiger partial charge in [-0.25, -0.2) is 13.2 Å². The molecule has 23 heavy (non-hydrogen) atoms. The molecule has 0 radical (unpaired) electrons. The molecule has 2 aromatic carbocycles. The van der Waals surface area contributed by atoms with Crippen molar-refractivity contribution in [1.29, 1.82) is 0 Å². The van der Waals surface area contributed by atoms with E-state index in [1.807, 2.05) is 24.3 Å². The largest absolute Gasteiger partial charge is 0.496 e. The number of nitrogens with zero attached hydrogens (tertiary/aromatic N) is 1. The van der Waals surface area contributed by atoms with E-state index in [0.29, 0.717) is 23.3 Å². The lowest BCUT2D eigenvalue weighted by Gasteiger charge is -2.09. The first-order valence-electron chi connectivity index (χ1n) is 6.94. The maximum absolute atomic E-state index is 12.2. The Kier molecular flexibility index (Phi) is 3.73. The summed E-state index contributed by atoms with van der Waals surface area (Å²) in [5.74, 6) is 0.696. The van der Waals surface area contributed by atoms with Crippen LogP contribution in [0.1, 0.15) is 5.56 Å². The Bertz CT molecular complexity index is 1030. The summed E-state index contributed by atoms with van der Waals surface area (Å²) in [6.07, 6.45) is 1.14. The van der Waals surface area contributed by atoms with Crippen LogP contribution in [-0.2, 0) is 16.4 Å². The number of para-hydroxylation sites is 1. The van der Waals surface area contributed by atoms with Crippen LogP contribution in [0.4, 0.5) is 0 Å². The third-order valence-electron chi connectivity index (χ3n) is 3.69. The molecule has 0 bridgehead atoms. The molecule has 1 heterocycles. The van der Waals surface area contributed by atoms with Gasteiger partial charge in [-0.1, -0.05) is 18.2 Å². The molecule has 0 fully saturated rings. The van der Waals surface area contributed by atoms with Gasteiger partial charge in [-0.15, -0.1) is 0 Å². The Morgan fingerprint density at radius 3 is 2.61 bits per heavy atom. The zero-order valence-corrected chi connectivity index (χ0v) is 13.6. The number of H-pyrrole nitrogens is 1. The molecule has 0 unspecified atom stereocenters. The number of aromatic nitrogens is 2. The topological polar surface area (TPSA) is 81.2 Å². The van der Waals surface area contributed by atoms with E-state index in [-0.39, 0.29) is 10.6 Å². The summed E-state index contributed by atoms with van der Waals surface area (Å²) < 4.78 is 30.1. The lowest BCUT2D eigenvalue weighted by Crippen LogP contribution is -2.17. The fourth-order valence-electron chi connectivity index (χ4n) is 2.53. The van der Waals surface area contributed by atoms with Crippen LogP contribution in [0.2, 0.25) is 0 Å². The second kappa shape index (κ2) is 5.58. The molecule has 6 nitrogen and oxygen atoms in total. The van der Waals surface area contributed by atoms with Crippen molar-refractivity contribution in [3.63, 3.8) is 0 Å². The predicted octanol–water partition coefficient (Wildman–Crippen LogP) is 1.79. The quantitative estimate of drug-likeness (QED) is 0.790. The maximum atomic E-state index is 12.2. The van der Waals surface area contributed by atoms with E-state index in [4.69, 9.17) is 4.74 Å². The van der Waals surface area contributed by atoms with Gasteiger partial charge >= 0.3 is 5.69 Å². The zero-order valence-electron chi connectivity index (χ0n) is 12.7. The van der Waals surface area contributed by atoms with Crippen LogP contribution in [0.3, 0.4) is 0 Å². The van der Waals surface area contributed by atoms with E-state index in [2.05, 4.69) is 4.98 Å². The molecule has 3 rings (SSSR count). The summed E-state index contributed by atoms with van der Waals surface area (Å²) in [4.78, 5) is 15.1. The number of ether oxygens (including phenoxy) is 1. The van der Waals surface area contributed by atoms with Crippen molar-refractivity contribution in [2.24, 2.45) is 0 Å². The second-order valence-electron chi connectivity index (χ2n) is 5.28. The molecule has 7 heteroatoms. The standard InChI is InChI=1S/C16H16N2O4S/c1-22-15-6-4-3-5-11(15)10-18-14-8-7-12(23(2,20)21)9-13(14)17-16(18)19/h3-9H,10H2,1-2H3,(H,17,19). The van der Waals surface area contributed by atoms with Crippen molar-refractivity contribution < 1.29 is 13.2 Å². The Balaban J connectivity index is 2.12. The second-order valence-corrected chi connectivity index (χ2v) is 7.30. The van der Waals surface area contributed by atoms with Gasteiger partial charge in [0.05, 0.1) is 29.6 Å².